The SMILES string of the molecule is CCC(N)C(c1ccc(F)cc1)N(C)C1CCCC(C)C1. The van der Waals surface area contributed by atoms with E-state index in [-0.39, 0.29) is 17.9 Å². The third-order valence-electron chi connectivity index (χ3n) is 5.01. The summed E-state index contributed by atoms with van der Waals surface area (Å²) in [6.07, 6.45) is 6.05. The van der Waals surface area contributed by atoms with Crippen molar-refractivity contribution in [1.82, 2.24) is 4.90 Å². The largest absolute Gasteiger partial charge is 0.326 e. The standard InChI is InChI=1S/C18H29FN2/c1-4-17(20)18(14-8-10-15(19)11-9-14)21(3)16-7-5-6-13(2)12-16/h8-11,13,16-18H,4-7,12,20H2,1-3H3. The van der Waals surface area contributed by atoms with E-state index in [1.807, 2.05) is 12.1 Å². The fraction of sp³-hybridized carbons (Fsp3) is 0.667. The van der Waals surface area contributed by atoms with Crippen LogP contribution in [0.4, 0.5) is 4.39 Å². The summed E-state index contributed by atoms with van der Waals surface area (Å²) in [5.74, 6) is 0.606. The molecule has 2 rings (SSSR count). The Morgan fingerprint density at radius 3 is 2.52 bits per heavy atom. The van der Waals surface area contributed by atoms with Gasteiger partial charge in [0.15, 0.2) is 0 Å². The fourth-order valence-electron chi connectivity index (χ4n) is 3.67. The van der Waals surface area contributed by atoms with Crippen LogP contribution in [0.5, 0.6) is 0 Å². The van der Waals surface area contributed by atoms with E-state index in [4.69, 9.17) is 5.73 Å². The summed E-state index contributed by atoms with van der Waals surface area (Å²) >= 11 is 0. The maximum absolute atomic E-state index is 13.2. The second kappa shape index (κ2) is 7.37. The number of nitrogens with zero attached hydrogens (tertiary/aromatic N) is 1. The average Bonchev–Trinajstić information content (AvgIpc) is 2.49. The van der Waals surface area contributed by atoms with Gasteiger partial charge >= 0.3 is 0 Å². The summed E-state index contributed by atoms with van der Waals surface area (Å²) in [6.45, 7) is 4.46. The molecule has 0 bridgehead atoms. The zero-order chi connectivity index (χ0) is 15.4. The Bertz CT molecular complexity index is 431. The topological polar surface area (TPSA) is 29.3 Å². The first-order valence-corrected chi connectivity index (χ1v) is 8.26. The Hall–Kier alpha value is -0.930. The van der Waals surface area contributed by atoms with Gasteiger partial charge in [-0.05, 0) is 49.9 Å². The number of halogens is 1. The summed E-state index contributed by atoms with van der Waals surface area (Å²) in [6, 6.07) is 7.70. The number of hydrogen-bond donors (Lipinski definition) is 1. The molecule has 21 heavy (non-hydrogen) atoms. The molecule has 1 aromatic carbocycles. The second-order valence-corrected chi connectivity index (χ2v) is 6.66. The average molecular weight is 292 g/mol. The minimum atomic E-state index is -0.184. The van der Waals surface area contributed by atoms with Crippen molar-refractivity contribution in [2.75, 3.05) is 7.05 Å². The van der Waals surface area contributed by atoms with Crippen LogP contribution >= 0.6 is 0 Å². The number of hydrogen-bond acceptors (Lipinski definition) is 2. The van der Waals surface area contributed by atoms with Gasteiger partial charge in [0.1, 0.15) is 5.82 Å². The van der Waals surface area contributed by atoms with E-state index in [1.165, 1.54) is 25.7 Å². The number of likely N-dealkylation sites (N-methyl/N-ethyl adjacent to an activating group) is 1. The third kappa shape index (κ3) is 4.04. The van der Waals surface area contributed by atoms with Gasteiger partial charge in [0.2, 0.25) is 0 Å². The van der Waals surface area contributed by atoms with Crippen molar-refractivity contribution < 1.29 is 4.39 Å². The summed E-state index contributed by atoms with van der Waals surface area (Å²) in [5, 5.41) is 0. The lowest BCUT2D eigenvalue weighted by Crippen LogP contribution is -2.45. The highest BCUT2D eigenvalue weighted by Crippen LogP contribution is 2.33. The van der Waals surface area contributed by atoms with Crippen LogP contribution in [0.25, 0.3) is 0 Å². The van der Waals surface area contributed by atoms with Gasteiger partial charge in [-0.3, -0.25) is 4.90 Å². The van der Waals surface area contributed by atoms with Gasteiger partial charge in [-0.15, -0.1) is 0 Å². The van der Waals surface area contributed by atoms with Crippen LogP contribution in [0.3, 0.4) is 0 Å². The van der Waals surface area contributed by atoms with Crippen LogP contribution in [-0.2, 0) is 0 Å². The van der Waals surface area contributed by atoms with Crippen molar-refractivity contribution in [1.29, 1.82) is 0 Å². The molecule has 1 aliphatic rings. The van der Waals surface area contributed by atoms with Gasteiger partial charge < -0.3 is 5.73 Å². The molecule has 4 atom stereocenters. The quantitative estimate of drug-likeness (QED) is 0.884. The molecule has 0 radical (unpaired) electrons. The Labute approximate surface area is 128 Å². The fourth-order valence-corrected chi connectivity index (χ4v) is 3.67. The van der Waals surface area contributed by atoms with Crippen molar-refractivity contribution in [3.05, 3.63) is 35.6 Å². The van der Waals surface area contributed by atoms with E-state index in [2.05, 4.69) is 25.8 Å². The van der Waals surface area contributed by atoms with Gasteiger partial charge in [-0.1, -0.05) is 38.8 Å². The predicted molar refractivity (Wildman–Crippen MR) is 86.6 cm³/mol. The van der Waals surface area contributed by atoms with Crippen LogP contribution in [0.15, 0.2) is 24.3 Å². The highest BCUT2D eigenvalue weighted by atomic mass is 19.1. The smallest absolute Gasteiger partial charge is 0.123 e. The number of nitrogens with two attached hydrogens (primary N) is 1. The lowest BCUT2D eigenvalue weighted by molar-refractivity contribution is 0.102. The molecule has 118 valence electrons. The molecule has 1 aliphatic carbocycles. The van der Waals surface area contributed by atoms with Crippen molar-refractivity contribution >= 4 is 0 Å². The molecule has 0 aliphatic heterocycles. The molecule has 4 unspecified atom stereocenters. The number of rotatable bonds is 5. The number of benzene rings is 1. The van der Waals surface area contributed by atoms with E-state index >= 15 is 0 Å². The van der Waals surface area contributed by atoms with Crippen LogP contribution in [0, 0.1) is 11.7 Å². The van der Waals surface area contributed by atoms with Gasteiger partial charge in [0.25, 0.3) is 0 Å². The first-order chi connectivity index (χ1) is 10.0. The van der Waals surface area contributed by atoms with E-state index in [0.29, 0.717) is 6.04 Å². The molecular weight excluding hydrogens is 263 g/mol. The summed E-state index contributed by atoms with van der Waals surface area (Å²) in [4.78, 5) is 2.44. The Morgan fingerprint density at radius 2 is 1.95 bits per heavy atom. The van der Waals surface area contributed by atoms with Crippen molar-refractivity contribution in [3.8, 4) is 0 Å². The highest BCUT2D eigenvalue weighted by molar-refractivity contribution is 5.22. The Morgan fingerprint density at radius 1 is 1.29 bits per heavy atom. The summed E-state index contributed by atoms with van der Waals surface area (Å²) in [7, 11) is 2.19. The van der Waals surface area contributed by atoms with Crippen LogP contribution < -0.4 is 5.73 Å². The normalized spacial score (nSPS) is 25.8. The molecule has 1 fully saturated rings. The summed E-state index contributed by atoms with van der Waals surface area (Å²) in [5.41, 5.74) is 7.53. The molecule has 1 aromatic rings. The van der Waals surface area contributed by atoms with Crippen LogP contribution in [0.1, 0.15) is 57.6 Å². The summed E-state index contributed by atoms with van der Waals surface area (Å²) < 4.78 is 13.2. The minimum absolute atomic E-state index is 0.0812. The molecular formula is C18H29FN2. The molecule has 1 saturated carbocycles. The molecule has 3 heteroatoms. The maximum Gasteiger partial charge on any atom is 0.123 e. The van der Waals surface area contributed by atoms with E-state index in [0.717, 1.165) is 17.9 Å². The molecule has 0 spiro atoms. The molecule has 0 aromatic heterocycles. The van der Waals surface area contributed by atoms with Crippen LogP contribution in [0.2, 0.25) is 0 Å². The molecule has 0 saturated heterocycles. The lowest BCUT2D eigenvalue weighted by atomic mass is 9.84. The zero-order valence-corrected chi connectivity index (χ0v) is 13.6. The van der Waals surface area contributed by atoms with Crippen LogP contribution in [-0.4, -0.2) is 24.0 Å². The van der Waals surface area contributed by atoms with E-state index < -0.39 is 0 Å². The van der Waals surface area contributed by atoms with Crippen molar-refractivity contribution in [2.45, 2.75) is 64.1 Å². The second-order valence-electron chi connectivity index (χ2n) is 6.66. The molecule has 0 amide bonds. The van der Waals surface area contributed by atoms with E-state index in [1.54, 1.807) is 12.1 Å². The monoisotopic (exact) mass is 292 g/mol. The Kier molecular flexibility index (Phi) is 5.77. The predicted octanol–water partition coefficient (Wildman–Crippen LogP) is 4.11. The van der Waals surface area contributed by atoms with Gasteiger partial charge in [-0.2, -0.15) is 0 Å². The van der Waals surface area contributed by atoms with E-state index in [9.17, 15) is 4.39 Å². The first kappa shape index (κ1) is 16.4. The highest BCUT2D eigenvalue weighted by Gasteiger charge is 2.30. The molecule has 2 nitrogen and oxygen atoms in total. The zero-order valence-electron chi connectivity index (χ0n) is 13.6. The molecule has 2 N–H and O–H groups in total. The molecule has 0 heterocycles. The van der Waals surface area contributed by atoms with Gasteiger partial charge in [0.05, 0.1) is 0 Å². The minimum Gasteiger partial charge on any atom is -0.326 e. The maximum atomic E-state index is 13.2. The van der Waals surface area contributed by atoms with Crippen molar-refractivity contribution in [3.63, 3.8) is 0 Å². The first-order valence-electron chi connectivity index (χ1n) is 8.26. The lowest BCUT2D eigenvalue weighted by Gasteiger charge is -2.41. The Balaban J connectivity index is 2.20. The third-order valence-corrected chi connectivity index (χ3v) is 5.01. The van der Waals surface area contributed by atoms with Gasteiger partial charge in [0, 0.05) is 18.1 Å². The van der Waals surface area contributed by atoms with Crippen molar-refractivity contribution in [2.24, 2.45) is 11.7 Å². The van der Waals surface area contributed by atoms with Gasteiger partial charge in [-0.25, -0.2) is 4.39 Å².